The lowest BCUT2D eigenvalue weighted by Crippen LogP contribution is -2.36. The Hall–Kier alpha value is -2.04. The molecule has 5 nitrogen and oxygen atoms in total. The standard InChI is InChI=1S/C11H12N2O3/c1-11(2,8-6-4-3-5-7-8)13-10(15)16-9(14)12-13/h3-7H,1-2H3,(H,12,14). The molecule has 0 radical (unpaired) electrons. The first-order chi connectivity index (χ1) is 7.51. The maximum absolute atomic E-state index is 11.4. The van der Waals surface area contributed by atoms with Gasteiger partial charge in [0, 0.05) is 0 Å². The zero-order valence-electron chi connectivity index (χ0n) is 9.06. The van der Waals surface area contributed by atoms with Crippen LogP contribution in [0, 0.1) is 0 Å². The summed E-state index contributed by atoms with van der Waals surface area (Å²) in [4.78, 5) is 22.4. The van der Waals surface area contributed by atoms with E-state index in [1.807, 2.05) is 44.2 Å². The fourth-order valence-corrected chi connectivity index (χ4v) is 1.63. The molecule has 0 aliphatic heterocycles. The smallest absolute Gasteiger partial charge is 0.357 e. The fraction of sp³-hybridized carbons (Fsp3) is 0.273. The van der Waals surface area contributed by atoms with Crippen LogP contribution >= 0.6 is 0 Å². The van der Waals surface area contributed by atoms with Crippen LogP contribution < -0.4 is 11.5 Å². The van der Waals surface area contributed by atoms with Gasteiger partial charge in [-0.1, -0.05) is 30.3 Å². The van der Waals surface area contributed by atoms with Crippen molar-refractivity contribution in [3.05, 3.63) is 57.0 Å². The van der Waals surface area contributed by atoms with E-state index < -0.39 is 17.1 Å². The van der Waals surface area contributed by atoms with Crippen molar-refractivity contribution in [3.63, 3.8) is 0 Å². The van der Waals surface area contributed by atoms with Crippen LogP contribution in [-0.2, 0) is 5.54 Å². The summed E-state index contributed by atoms with van der Waals surface area (Å²) in [6, 6.07) is 9.41. The van der Waals surface area contributed by atoms with Crippen LogP contribution in [-0.4, -0.2) is 9.78 Å². The molecule has 0 atom stereocenters. The monoisotopic (exact) mass is 220 g/mol. The molecule has 16 heavy (non-hydrogen) atoms. The first kappa shape index (κ1) is 10.5. The molecule has 0 aliphatic carbocycles. The normalized spacial score (nSPS) is 11.6. The van der Waals surface area contributed by atoms with Gasteiger partial charge in [0.1, 0.15) is 0 Å². The van der Waals surface area contributed by atoms with Gasteiger partial charge in [-0.15, -0.1) is 0 Å². The summed E-state index contributed by atoms with van der Waals surface area (Å²) in [5.41, 5.74) is 0.263. The third-order valence-electron chi connectivity index (χ3n) is 2.60. The molecule has 0 saturated carbocycles. The second-order valence-electron chi connectivity index (χ2n) is 4.03. The van der Waals surface area contributed by atoms with Crippen LogP contribution in [0.2, 0.25) is 0 Å². The molecule has 0 saturated heterocycles. The maximum atomic E-state index is 11.4. The van der Waals surface area contributed by atoms with Crippen molar-refractivity contribution in [2.45, 2.75) is 19.4 Å². The van der Waals surface area contributed by atoms with Crippen LogP contribution in [0.25, 0.3) is 0 Å². The van der Waals surface area contributed by atoms with Gasteiger partial charge in [-0.2, -0.15) is 0 Å². The Morgan fingerprint density at radius 2 is 1.81 bits per heavy atom. The van der Waals surface area contributed by atoms with Gasteiger partial charge in [0.05, 0.1) is 5.54 Å². The first-order valence-corrected chi connectivity index (χ1v) is 4.90. The van der Waals surface area contributed by atoms with Gasteiger partial charge in [0.25, 0.3) is 0 Å². The van der Waals surface area contributed by atoms with Gasteiger partial charge in [0.15, 0.2) is 0 Å². The van der Waals surface area contributed by atoms with Gasteiger partial charge in [-0.3, -0.25) is 0 Å². The largest absolute Gasteiger partial charge is 0.438 e. The number of nitrogens with one attached hydrogen (secondary N) is 1. The van der Waals surface area contributed by atoms with E-state index in [1.165, 1.54) is 4.68 Å². The Labute approximate surface area is 91.3 Å². The van der Waals surface area contributed by atoms with Crippen molar-refractivity contribution in [1.82, 2.24) is 9.78 Å². The fourth-order valence-electron chi connectivity index (χ4n) is 1.63. The molecule has 84 valence electrons. The van der Waals surface area contributed by atoms with Crippen molar-refractivity contribution in [1.29, 1.82) is 0 Å². The van der Waals surface area contributed by atoms with E-state index in [0.717, 1.165) is 5.56 Å². The lowest BCUT2D eigenvalue weighted by atomic mass is 9.95. The Balaban J connectivity index is 2.59. The minimum absolute atomic E-state index is 0.648. The molecular weight excluding hydrogens is 208 g/mol. The molecule has 1 aromatic heterocycles. The van der Waals surface area contributed by atoms with Gasteiger partial charge in [0.2, 0.25) is 0 Å². The van der Waals surface area contributed by atoms with Gasteiger partial charge in [-0.05, 0) is 19.4 Å². The summed E-state index contributed by atoms with van der Waals surface area (Å²) < 4.78 is 5.60. The molecule has 1 N–H and O–H groups in total. The molecule has 2 rings (SSSR count). The van der Waals surface area contributed by atoms with Crippen LogP contribution in [0.15, 0.2) is 44.3 Å². The summed E-state index contributed by atoms with van der Waals surface area (Å²) in [6.45, 7) is 3.66. The van der Waals surface area contributed by atoms with E-state index in [1.54, 1.807) is 0 Å². The molecule has 2 aromatic rings. The minimum atomic E-state index is -0.742. The lowest BCUT2D eigenvalue weighted by molar-refractivity contribution is 0.353. The van der Waals surface area contributed by atoms with Crippen LogP contribution in [0.3, 0.4) is 0 Å². The van der Waals surface area contributed by atoms with Gasteiger partial charge in [-0.25, -0.2) is 19.4 Å². The molecular formula is C11H12N2O3. The zero-order chi connectivity index (χ0) is 11.8. The first-order valence-electron chi connectivity index (χ1n) is 4.90. The summed E-state index contributed by atoms with van der Waals surface area (Å²) in [6.07, 6.45) is 0. The molecule has 1 aromatic carbocycles. The van der Waals surface area contributed by atoms with Crippen molar-refractivity contribution < 1.29 is 4.42 Å². The quantitative estimate of drug-likeness (QED) is 0.818. The molecule has 0 fully saturated rings. The van der Waals surface area contributed by atoms with E-state index in [4.69, 9.17) is 0 Å². The second-order valence-corrected chi connectivity index (χ2v) is 4.03. The minimum Gasteiger partial charge on any atom is -0.357 e. The van der Waals surface area contributed by atoms with E-state index in [-0.39, 0.29) is 0 Å². The number of rotatable bonds is 2. The second kappa shape index (κ2) is 3.52. The number of H-pyrrole nitrogens is 1. The number of benzene rings is 1. The molecule has 0 unspecified atom stereocenters. The summed E-state index contributed by atoms with van der Waals surface area (Å²) in [5, 5.41) is 2.37. The zero-order valence-corrected chi connectivity index (χ0v) is 9.06. The highest BCUT2D eigenvalue weighted by Crippen LogP contribution is 2.21. The van der Waals surface area contributed by atoms with E-state index in [0.29, 0.717) is 0 Å². The van der Waals surface area contributed by atoms with Crippen molar-refractivity contribution in [2.75, 3.05) is 0 Å². The predicted molar refractivity (Wildman–Crippen MR) is 58.5 cm³/mol. The number of aromatic amines is 1. The number of nitrogens with zero attached hydrogens (tertiary/aromatic N) is 1. The maximum Gasteiger partial charge on any atom is 0.438 e. The van der Waals surface area contributed by atoms with Crippen molar-refractivity contribution in [2.24, 2.45) is 0 Å². The molecule has 0 bridgehead atoms. The summed E-state index contributed by atoms with van der Waals surface area (Å²) in [7, 11) is 0. The third kappa shape index (κ3) is 1.60. The highest BCUT2D eigenvalue weighted by atomic mass is 16.5. The van der Waals surface area contributed by atoms with Crippen LogP contribution in [0.4, 0.5) is 0 Å². The van der Waals surface area contributed by atoms with E-state index >= 15 is 0 Å². The highest BCUT2D eigenvalue weighted by molar-refractivity contribution is 5.22. The van der Waals surface area contributed by atoms with Gasteiger partial charge < -0.3 is 4.42 Å². The number of hydrogen-bond donors (Lipinski definition) is 1. The average Bonchev–Trinajstić information content (AvgIpc) is 2.60. The highest BCUT2D eigenvalue weighted by Gasteiger charge is 2.26. The topological polar surface area (TPSA) is 68.0 Å². The number of aromatic nitrogens is 2. The summed E-state index contributed by atoms with van der Waals surface area (Å²) in [5.74, 6) is -1.42. The van der Waals surface area contributed by atoms with Crippen LogP contribution in [0.1, 0.15) is 19.4 Å². The van der Waals surface area contributed by atoms with Gasteiger partial charge >= 0.3 is 11.5 Å². The SMILES string of the molecule is CC(C)(c1ccccc1)n1[nH]c(=O)oc1=O. The molecule has 5 heteroatoms. The van der Waals surface area contributed by atoms with Crippen molar-refractivity contribution in [3.8, 4) is 0 Å². The molecule has 0 aliphatic rings. The van der Waals surface area contributed by atoms with E-state index in [2.05, 4.69) is 9.52 Å². The Morgan fingerprint density at radius 1 is 1.19 bits per heavy atom. The summed E-state index contributed by atoms with van der Waals surface area (Å²) >= 11 is 0. The molecule has 1 heterocycles. The lowest BCUT2D eigenvalue weighted by Gasteiger charge is -2.24. The number of hydrogen-bond acceptors (Lipinski definition) is 3. The van der Waals surface area contributed by atoms with Crippen LogP contribution in [0.5, 0.6) is 0 Å². The average molecular weight is 220 g/mol. The molecule has 0 spiro atoms. The predicted octanol–water partition coefficient (Wildman–Crippen LogP) is 0.913. The Morgan fingerprint density at radius 3 is 2.31 bits per heavy atom. The Kier molecular flexibility index (Phi) is 2.30. The molecule has 0 amide bonds. The Bertz CT molecular complexity index is 589. The third-order valence-corrected chi connectivity index (χ3v) is 2.60. The van der Waals surface area contributed by atoms with E-state index in [9.17, 15) is 9.59 Å². The van der Waals surface area contributed by atoms with Crippen molar-refractivity contribution >= 4 is 0 Å².